The number of halogens is 1. The molecule has 0 aromatic heterocycles. The molecule has 2 fully saturated rings. The minimum atomic E-state index is -0.689. The Morgan fingerprint density at radius 3 is 2.12 bits per heavy atom. The summed E-state index contributed by atoms with van der Waals surface area (Å²) in [5.74, 6) is 2.03. The topological polar surface area (TPSA) is 118 Å². The fourth-order valence-corrected chi connectivity index (χ4v) is 11.9. The summed E-state index contributed by atoms with van der Waals surface area (Å²) in [4.78, 5) is 59.1. The highest BCUT2D eigenvalue weighted by Crippen LogP contribution is 2.47. The zero-order valence-corrected chi connectivity index (χ0v) is 36.6. The zero-order chi connectivity index (χ0) is 42.0. The summed E-state index contributed by atoms with van der Waals surface area (Å²) in [5, 5.41) is 4.52. The van der Waals surface area contributed by atoms with Crippen LogP contribution in [-0.4, -0.2) is 102 Å². The maximum Gasteiger partial charge on any atom is 0.415 e. The van der Waals surface area contributed by atoms with Crippen molar-refractivity contribution in [1.29, 1.82) is 0 Å². The number of amides is 4. The van der Waals surface area contributed by atoms with Crippen molar-refractivity contribution in [1.82, 2.24) is 15.1 Å². The van der Waals surface area contributed by atoms with E-state index < -0.39 is 23.9 Å². The maximum atomic E-state index is 14.1. The number of hydrogen-bond donors (Lipinski definition) is 1. The fraction of sp³-hybridized carbons (Fsp3) is 0.435. The smallest absolute Gasteiger partial charge is 0.415 e. The van der Waals surface area contributed by atoms with E-state index in [0.717, 1.165) is 29.2 Å². The van der Waals surface area contributed by atoms with Gasteiger partial charge in [-0.3, -0.25) is 9.69 Å². The lowest BCUT2D eigenvalue weighted by molar-refractivity contribution is -0.136. The molecule has 2 saturated heterocycles. The van der Waals surface area contributed by atoms with Crippen LogP contribution in [0.5, 0.6) is 5.75 Å². The van der Waals surface area contributed by atoms with Crippen LogP contribution in [0, 0.1) is 0 Å². The second kappa shape index (κ2) is 18.2. The molecule has 14 heteroatoms. The van der Waals surface area contributed by atoms with Gasteiger partial charge in [0.25, 0.3) is 0 Å². The molecule has 0 unspecified atom stereocenters. The summed E-state index contributed by atoms with van der Waals surface area (Å²) in [6, 6.07) is 25.7. The van der Waals surface area contributed by atoms with Gasteiger partial charge >= 0.3 is 18.3 Å². The summed E-state index contributed by atoms with van der Waals surface area (Å²) < 4.78 is 17.7. The van der Waals surface area contributed by atoms with Crippen molar-refractivity contribution in [2.45, 2.75) is 76.0 Å². The number of benzene rings is 4. The summed E-state index contributed by atoms with van der Waals surface area (Å²) in [7, 11) is 3.42. The number of rotatable bonds is 10. The van der Waals surface area contributed by atoms with Crippen molar-refractivity contribution in [3.8, 4) is 16.9 Å². The molecule has 1 N–H and O–H groups in total. The minimum Gasteiger partial charge on any atom is -0.449 e. The highest BCUT2D eigenvalue weighted by atomic mass is 35.5. The Morgan fingerprint density at radius 1 is 0.800 bits per heavy atom. The van der Waals surface area contributed by atoms with Crippen LogP contribution in [0.25, 0.3) is 21.9 Å². The Labute approximate surface area is 364 Å². The van der Waals surface area contributed by atoms with E-state index >= 15 is 0 Å². The number of alkyl carbamates (subject to hydrolysis) is 1. The summed E-state index contributed by atoms with van der Waals surface area (Å²) >= 11 is 6.45. The molecule has 4 aliphatic rings. The molecule has 3 atom stereocenters. The lowest BCUT2D eigenvalue weighted by Crippen LogP contribution is -2.65. The summed E-state index contributed by atoms with van der Waals surface area (Å²) in [6.07, 6.45) is 1.22. The Morgan fingerprint density at radius 2 is 1.43 bits per heavy atom. The third-order valence-corrected chi connectivity index (χ3v) is 14.6. The van der Waals surface area contributed by atoms with Crippen molar-refractivity contribution < 1.29 is 33.4 Å². The molecule has 0 spiro atoms. The molecule has 11 nitrogen and oxygen atoms in total. The molecule has 4 aromatic carbocycles. The normalized spacial score (nSPS) is 19.6. The van der Waals surface area contributed by atoms with Gasteiger partial charge in [0, 0.05) is 73.3 Å². The first-order chi connectivity index (χ1) is 29.0. The van der Waals surface area contributed by atoms with E-state index in [1.54, 1.807) is 37.5 Å². The van der Waals surface area contributed by atoms with Gasteiger partial charge in [0.2, 0.25) is 5.91 Å². The van der Waals surface area contributed by atoms with Crippen molar-refractivity contribution in [2.24, 2.45) is 0 Å². The van der Waals surface area contributed by atoms with Gasteiger partial charge in [0.1, 0.15) is 18.0 Å². The van der Waals surface area contributed by atoms with Crippen molar-refractivity contribution in [3.05, 3.63) is 95.6 Å². The van der Waals surface area contributed by atoms with Crippen molar-refractivity contribution >= 4 is 73.8 Å². The van der Waals surface area contributed by atoms with E-state index in [0.29, 0.717) is 67.8 Å². The Balaban J connectivity index is 0.837. The lowest BCUT2D eigenvalue weighted by Gasteiger charge is -2.48. The predicted octanol–water partition coefficient (Wildman–Crippen LogP) is 9.79. The van der Waals surface area contributed by atoms with E-state index in [4.69, 9.17) is 25.8 Å². The van der Waals surface area contributed by atoms with Crippen LogP contribution in [0.1, 0.15) is 75.0 Å². The highest BCUT2D eigenvalue weighted by molar-refractivity contribution is 8.76. The van der Waals surface area contributed by atoms with Crippen molar-refractivity contribution in [2.75, 3.05) is 55.1 Å². The lowest BCUT2D eigenvalue weighted by atomic mass is 9.95. The summed E-state index contributed by atoms with van der Waals surface area (Å²) in [6.45, 7) is 7.35. The van der Waals surface area contributed by atoms with Gasteiger partial charge in [-0.2, -0.15) is 0 Å². The number of anilines is 1. The van der Waals surface area contributed by atoms with Crippen LogP contribution in [0.4, 0.5) is 20.1 Å². The number of ether oxygens (including phenoxy) is 3. The van der Waals surface area contributed by atoms with E-state index in [1.807, 2.05) is 74.2 Å². The molecule has 4 aromatic rings. The molecule has 1 aliphatic carbocycles. The molecular weight excluding hydrogens is 820 g/mol. The van der Waals surface area contributed by atoms with Gasteiger partial charge in [-0.15, -0.1) is 11.6 Å². The monoisotopic (exact) mass is 870 g/mol. The van der Waals surface area contributed by atoms with Gasteiger partial charge in [-0.25, -0.2) is 14.4 Å². The molecule has 4 amide bonds. The van der Waals surface area contributed by atoms with Crippen LogP contribution in [0.2, 0.25) is 0 Å². The van der Waals surface area contributed by atoms with Crippen LogP contribution in [0.3, 0.4) is 0 Å². The predicted molar refractivity (Wildman–Crippen MR) is 239 cm³/mol. The SMILES string of the molecule is CC(C)(C)OC(=O)N1C[C@@H](CCl)c2c1cc(OC(=O)N1CCN(C(=O)CCCCCNC(=O)OCC3c4ccccc4-c4ccccc43)[C@H]3CSSC[C@@H]31)c1ccccc21. The average molecular weight is 872 g/mol. The van der Waals surface area contributed by atoms with E-state index in [-0.39, 0.29) is 36.4 Å². The molecule has 8 rings (SSSR count). The minimum absolute atomic E-state index is 0.00997. The third-order valence-electron chi connectivity index (χ3n) is 11.7. The van der Waals surface area contributed by atoms with Crippen LogP contribution < -0.4 is 15.0 Å². The first kappa shape index (κ1) is 42.1. The number of hydrogen-bond acceptors (Lipinski definition) is 9. The van der Waals surface area contributed by atoms with Crippen LogP contribution in [-0.2, 0) is 14.3 Å². The van der Waals surface area contributed by atoms with Gasteiger partial charge in [-0.05, 0) is 66.8 Å². The second-order valence-corrected chi connectivity index (χ2v) is 19.6. The number of alkyl halides is 1. The highest BCUT2D eigenvalue weighted by Gasteiger charge is 2.44. The standard InChI is InChI=1S/C46H51ClN4O7S2/c1-46(2,3)58-45(55)51-25-29(24-47)42-35-18-11-10-17-34(35)40(23-37(42)51)57-44(54)50-22-21-49(38-27-59-60-28-39(38)50)41(52)19-5-4-12-20-48-43(53)56-26-36-32-15-8-6-13-30(32)31-14-7-9-16-33(31)36/h6-11,13-18,23,29,36,38-39H,4-5,12,19-22,24-28H2,1-3H3,(H,48,53)/t29-,38+,39+/m1/s1. The molecule has 60 heavy (non-hydrogen) atoms. The zero-order valence-electron chi connectivity index (χ0n) is 34.2. The second-order valence-electron chi connectivity index (χ2n) is 16.7. The number of carbonyl (C=O) groups excluding carboxylic acids is 4. The van der Waals surface area contributed by atoms with E-state index in [1.165, 1.54) is 22.3 Å². The largest absolute Gasteiger partial charge is 0.449 e. The molecule has 3 aliphatic heterocycles. The van der Waals surface area contributed by atoms with Gasteiger partial charge in [0.15, 0.2) is 0 Å². The van der Waals surface area contributed by atoms with Gasteiger partial charge in [0.05, 0.1) is 17.8 Å². The Bertz CT molecular complexity index is 2220. The first-order valence-corrected chi connectivity index (χ1v) is 23.8. The maximum absolute atomic E-state index is 14.1. The number of piperazine rings is 1. The molecule has 3 heterocycles. The van der Waals surface area contributed by atoms with E-state index in [9.17, 15) is 19.2 Å². The van der Waals surface area contributed by atoms with Gasteiger partial charge in [-0.1, -0.05) is 101 Å². The number of carbonyl (C=O) groups is 4. The number of nitrogens with one attached hydrogen (secondary N) is 1. The fourth-order valence-electron chi connectivity index (χ4n) is 8.96. The molecule has 316 valence electrons. The van der Waals surface area contributed by atoms with E-state index in [2.05, 4.69) is 29.6 Å². The average Bonchev–Trinajstić information content (AvgIpc) is 3.79. The van der Waals surface area contributed by atoms with Crippen LogP contribution >= 0.6 is 33.2 Å². The molecular formula is C46H51ClN4O7S2. The molecule has 0 bridgehead atoms. The third kappa shape index (κ3) is 8.76. The number of fused-ring (bicyclic) bond motifs is 7. The Kier molecular flexibility index (Phi) is 12.8. The molecule has 0 saturated carbocycles. The Hall–Kier alpha value is -4.59. The quantitative estimate of drug-likeness (QED) is 0.0945. The van der Waals surface area contributed by atoms with Gasteiger partial charge < -0.3 is 29.3 Å². The molecule has 0 radical (unpaired) electrons. The van der Waals surface area contributed by atoms with Crippen LogP contribution in [0.15, 0.2) is 78.9 Å². The first-order valence-electron chi connectivity index (χ1n) is 20.8. The number of unbranched alkanes of at least 4 members (excludes halogenated alkanes) is 2. The van der Waals surface area contributed by atoms with Crippen molar-refractivity contribution in [3.63, 3.8) is 0 Å². The summed E-state index contributed by atoms with van der Waals surface area (Å²) in [5.41, 5.74) is 5.60. The number of nitrogens with zero attached hydrogens (tertiary/aromatic N) is 3.